The number of aliphatic hydroxyl groups excluding tert-OH is 1. The van der Waals surface area contributed by atoms with E-state index in [0.717, 1.165) is 7.11 Å². The first-order chi connectivity index (χ1) is 6.75. The molecule has 14 heavy (non-hydrogen) atoms. The summed E-state index contributed by atoms with van der Waals surface area (Å²) < 4.78 is 2.79. The van der Waals surface area contributed by atoms with Gasteiger partial charge >= 0.3 is 0 Å². The lowest BCUT2D eigenvalue weighted by Gasteiger charge is -1.98. The number of nitro groups is 1. The maximum absolute atomic E-state index is 10.5. The van der Waals surface area contributed by atoms with E-state index in [4.69, 9.17) is 5.11 Å². The molecule has 0 bridgehead atoms. The molecule has 0 aliphatic rings. The van der Waals surface area contributed by atoms with Gasteiger partial charge in [-0.1, -0.05) is 12.1 Å². The summed E-state index contributed by atoms with van der Waals surface area (Å²) in [6.07, 6.45) is 0. The van der Waals surface area contributed by atoms with Gasteiger partial charge in [0.25, 0.3) is 5.69 Å². The Balaban J connectivity index is 0.000000791. The normalized spacial score (nSPS) is 8.79. The van der Waals surface area contributed by atoms with Gasteiger partial charge < -0.3 is 5.11 Å². The number of benzene rings is 1. The minimum atomic E-state index is -0.389. The van der Waals surface area contributed by atoms with Crippen LogP contribution in [0.1, 0.15) is 0 Å². The Morgan fingerprint density at radius 3 is 2.50 bits per heavy atom. The van der Waals surface area contributed by atoms with Gasteiger partial charge in [-0.25, -0.2) is 0 Å². The number of nitro benzene ring substituents is 1. The number of hydrogen-bond acceptors (Lipinski definition) is 5. The predicted octanol–water partition coefficient (Wildman–Crippen LogP) is 1.43. The number of para-hydroxylation sites is 1. The van der Waals surface area contributed by atoms with Crippen LogP contribution in [0.15, 0.2) is 29.2 Å². The van der Waals surface area contributed by atoms with Crippen LogP contribution in [0.2, 0.25) is 0 Å². The zero-order valence-electron chi connectivity index (χ0n) is 7.93. The molecular formula is C8H12N2O3S. The van der Waals surface area contributed by atoms with Gasteiger partial charge in [0.05, 0.1) is 4.92 Å². The van der Waals surface area contributed by atoms with E-state index in [9.17, 15) is 10.1 Å². The van der Waals surface area contributed by atoms with Crippen molar-refractivity contribution < 1.29 is 10.0 Å². The minimum absolute atomic E-state index is 0.136. The molecule has 78 valence electrons. The van der Waals surface area contributed by atoms with Gasteiger partial charge in [-0.15, -0.1) is 0 Å². The van der Waals surface area contributed by atoms with Crippen LogP contribution in [0.25, 0.3) is 0 Å². The van der Waals surface area contributed by atoms with Crippen molar-refractivity contribution in [3.8, 4) is 0 Å². The van der Waals surface area contributed by atoms with Crippen LogP contribution in [-0.2, 0) is 0 Å². The fourth-order valence-corrected chi connectivity index (χ4v) is 1.42. The average Bonchev–Trinajstić information content (AvgIpc) is 2.22. The first-order valence-corrected chi connectivity index (χ1v) is 4.59. The molecule has 0 radical (unpaired) electrons. The summed E-state index contributed by atoms with van der Waals surface area (Å²) in [6, 6.07) is 6.61. The standard InChI is InChI=1S/C7H8N2O2S.CH4O/c1-8-12-7-5-3-2-4-6(7)9(10)11;1-2/h2-5,8H,1H3;2H,1H3. The number of nitrogens with zero attached hydrogens (tertiary/aromatic N) is 1. The quantitative estimate of drug-likeness (QED) is 0.454. The van der Waals surface area contributed by atoms with Crippen molar-refractivity contribution >= 4 is 17.6 Å². The number of hydrogen-bond donors (Lipinski definition) is 2. The molecule has 1 aromatic carbocycles. The van der Waals surface area contributed by atoms with Crippen molar-refractivity contribution in [1.29, 1.82) is 0 Å². The molecule has 0 atom stereocenters. The molecule has 0 saturated heterocycles. The van der Waals surface area contributed by atoms with Gasteiger partial charge in [0.15, 0.2) is 0 Å². The Morgan fingerprint density at radius 2 is 2.00 bits per heavy atom. The van der Waals surface area contributed by atoms with E-state index >= 15 is 0 Å². The Morgan fingerprint density at radius 1 is 1.43 bits per heavy atom. The molecule has 6 heteroatoms. The molecule has 0 unspecified atom stereocenters. The van der Waals surface area contributed by atoms with Gasteiger partial charge in [0.2, 0.25) is 0 Å². The third kappa shape index (κ3) is 3.73. The Hall–Kier alpha value is -1.11. The van der Waals surface area contributed by atoms with E-state index in [1.807, 2.05) is 0 Å². The second-order valence-electron chi connectivity index (χ2n) is 2.03. The second-order valence-corrected chi connectivity index (χ2v) is 3.08. The fraction of sp³-hybridized carbons (Fsp3) is 0.250. The molecule has 1 aromatic rings. The monoisotopic (exact) mass is 216 g/mol. The van der Waals surface area contributed by atoms with E-state index in [2.05, 4.69) is 4.72 Å². The highest BCUT2D eigenvalue weighted by Gasteiger charge is 2.11. The van der Waals surface area contributed by atoms with E-state index in [1.165, 1.54) is 18.0 Å². The fourth-order valence-electron chi connectivity index (χ4n) is 0.804. The maximum Gasteiger partial charge on any atom is 0.284 e. The van der Waals surface area contributed by atoms with Crippen molar-refractivity contribution in [2.24, 2.45) is 0 Å². The first kappa shape index (κ1) is 12.9. The molecule has 0 saturated carbocycles. The Bertz CT molecular complexity index is 294. The van der Waals surface area contributed by atoms with Gasteiger partial charge in [-0.3, -0.25) is 14.8 Å². The Kier molecular flexibility index (Phi) is 6.73. The van der Waals surface area contributed by atoms with E-state index in [0.29, 0.717) is 4.90 Å². The van der Waals surface area contributed by atoms with Crippen LogP contribution in [0.4, 0.5) is 5.69 Å². The van der Waals surface area contributed by atoms with E-state index in [-0.39, 0.29) is 10.6 Å². The minimum Gasteiger partial charge on any atom is -0.400 e. The Labute approximate surface area is 86.4 Å². The SMILES string of the molecule is CNSc1ccccc1[N+](=O)[O-].CO. The molecule has 0 heterocycles. The lowest BCUT2D eigenvalue weighted by Crippen LogP contribution is -1.95. The smallest absolute Gasteiger partial charge is 0.284 e. The van der Waals surface area contributed by atoms with Crippen LogP contribution in [0.3, 0.4) is 0 Å². The second kappa shape index (κ2) is 7.31. The summed E-state index contributed by atoms with van der Waals surface area (Å²) in [6.45, 7) is 0. The maximum atomic E-state index is 10.5. The summed E-state index contributed by atoms with van der Waals surface area (Å²) in [4.78, 5) is 10.7. The topological polar surface area (TPSA) is 75.4 Å². The number of rotatable bonds is 3. The number of aliphatic hydroxyl groups is 1. The van der Waals surface area contributed by atoms with Crippen LogP contribution in [0.5, 0.6) is 0 Å². The van der Waals surface area contributed by atoms with Gasteiger partial charge in [-0.05, 0) is 25.1 Å². The highest BCUT2D eigenvalue weighted by Crippen LogP contribution is 2.25. The van der Waals surface area contributed by atoms with Crippen molar-refractivity contribution in [3.05, 3.63) is 34.4 Å². The third-order valence-electron chi connectivity index (χ3n) is 1.27. The van der Waals surface area contributed by atoms with Gasteiger partial charge in [0, 0.05) is 13.2 Å². The molecular weight excluding hydrogens is 204 g/mol. The molecule has 0 aliphatic heterocycles. The van der Waals surface area contributed by atoms with Gasteiger partial charge in [-0.2, -0.15) is 0 Å². The summed E-state index contributed by atoms with van der Waals surface area (Å²) in [7, 11) is 2.72. The molecule has 2 N–H and O–H groups in total. The van der Waals surface area contributed by atoms with Crippen LogP contribution in [0, 0.1) is 10.1 Å². The van der Waals surface area contributed by atoms with E-state index < -0.39 is 0 Å². The van der Waals surface area contributed by atoms with Crippen LogP contribution >= 0.6 is 11.9 Å². The summed E-state index contributed by atoms with van der Waals surface area (Å²) in [5.74, 6) is 0. The van der Waals surface area contributed by atoms with Crippen molar-refractivity contribution in [2.45, 2.75) is 4.90 Å². The molecule has 5 nitrogen and oxygen atoms in total. The lowest BCUT2D eigenvalue weighted by molar-refractivity contribution is -0.387. The average molecular weight is 216 g/mol. The van der Waals surface area contributed by atoms with Crippen molar-refractivity contribution in [1.82, 2.24) is 4.72 Å². The van der Waals surface area contributed by atoms with E-state index in [1.54, 1.807) is 25.2 Å². The highest BCUT2D eigenvalue weighted by molar-refractivity contribution is 7.97. The first-order valence-electron chi connectivity index (χ1n) is 3.77. The van der Waals surface area contributed by atoms with Crippen LogP contribution in [-0.4, -0.2) is 24.2 Å². The predicted molar refractivity (Wildman–Crippen MR) is 56.2 cm³/mol. The summed E-state index contributed by atoms with van der Waals surface area (Å²) in [5.41, 5.74) is 0.136. The zero-order valence-corrected chi connectivity index (χ0v) is 8.75. The molecule has 0 amide bonds. The van der Waals surface area contributed by atoms with Crippen molar-refractivity contribution in [3.63, 3.8) is 0 Å². The molecule has 0 fully saturated rings. The number of nitrogens with one attached hydrogen (secondary N) is 1. The largest absolute Gasteiger partial charge is 0.400 e. The zero-order chi connectivity index (χ0) is 11.0. The summed E-state index contributed by atoms with van der Waals surface area (Å²) >= 11 is 1.24. The highest BCUT2D eigenvalue weighted by atomic mass is 32.2. The lowest BCUT2D eigenvalue weighted by atomic mass is 10.3. The third-order valence-corrected chi connectivity index (χ3v) is 2.04. The molecule has 0 aliphatic carbocycles. The molecule has 1 rings (SSSR count). The van der Waals surface area contributed by atoms with Crippen molar-refractivity contribution in [2.75, 3.05) is 14.2 Å². The summed E-state index contributed by atoms with van der Waals surface area (Å²) in [5, 5.41) is 17.5. The van der Waals surface area contributed by atoms with Gasteiger partial charge in [0.1, 0.15) is 4.90 Å². The molecule has 0 spiro atoms. The molecule has 0 aromatic heterocycles. The van der Waals surface area contributed by atoms with Crippen LogP contribution < -0.4 is 4.72 Å².